The molecule has 1 aromatic heterocycles. The van der Waals surface area contributed by atoms with Gasteiger partial charge in [0, 0.05) is 30.6 Å². The lowest BCUT2D eigenvalue weighted by Crippen LogP contribution is -2.43. The fraction of sp³-hybridized carbons (Fsp3) is 0.471. The number of anilines is 2. The molecule has 1 fully saturated rings. The number of hydrogen-bond donors (Lipinski definition) is 3. The highest BCUT2D eigenvalue weighted by molar-refractivity contribution is 5.91. The SMILES string of the molecule is COc1cc2nc(NC3CCN(CC(N)=O)CC3)nc(N)c2cc1OC. The van der Waals surface area contributed by atoms with Gasteiger partial charge in [0.2, 0.25) is 11.9 Å². The number of nitrogens with zero attached hydrogens (tertiary/aromatic N) is 3. The zero-order valence-corrected chi connectivity index (χ0v) is 15.0. The fourth-order valence-electron chi connectivity index (χ4n) is 3.18. The summed E-state index contributed by atoms with van der Waals surface area (Å²) in [5.74, 6) is 1.73. The average molecular weight is 360 g/mol. The van der Waals surface area contributed by atoms with Crippen molar-refractivity contribution >= 4 is 28.6 Å². The number of piperidine rings is 1. The third-order valence-electron chi connectivity index (χ3n) is 4.53. The van der Waals surface area contributed by atoms with E-state index in [1.54, 1.807) is 26.4 Å². The molecular weight excluding hydrogens is 336 g/mol. The van der Waals surface area contributed by atoms with E-state index in [9.17, 15) is 4.79 Å². The minimum Gasteiger partial charge on any atom is -0.493 e. The van der Waals surface area contributed by atoms with E-state index in [0.717, 1.165) is 25.9 Å². The molecule has 2 heterocycles. The molecule has 1 aromatic carbocycles. The number of rotatable bonds is 6. The standard InChI is InChI=1S/C17H24N6O3/c1-25-13-7-11-12(8-14(13)26-2)21-17(22-16(11)19)20-10-3-5-23(6-4-10)9-15(18)24/h7-8,10H,3-6,9H2,1-2H3,(H2,18,24)(H3,19,20,21,22). The highest BCUT2D eigenvalue weighted by Crippen LogP contribution is 2.33. The molecule has 140 valence electrons. The number of fused-ring (bicyclic) bond motifs is 1. The lowest BCUT2D eigenvalue weighted by atomic mass is 10.1. The first-order chi connectivity index (χ1) is 12.5. The predicted octanol–water partition coefficient (Wildman–Crippen LogP) is 0.591. The van der Waals surface area contributed by atoms with Gasteiger partial charge in [0.05, 0.1) is 26.3 Å². The van der Waals surface area contributed by atoms with E-state index in [1.165, 1.54) is 0 Å². The number of nitrogens with one attached hydrogen (secondary N) is 1. The number of nitrogen functional groups attached to an aromatic ring is 1. The van der Waals surface area contributed by atoms with Gasteiger partial charge in [-0.15, -0.1) is 0 Å². The normalized spacial score (nSPS) is 15.8. The van der Waals surface area contributed by atoms with Gasteiger partial charge in [-0.1, -0.05) is 0 Å². The molecule has 0 atom stereocenters. The van der Waals surface area contributed by atoms with Crippen molar-refractivity contribution in [2.75, 3.05) is 44.9 Å². The van der Waals surface area contributed by atoms with E-state index in [0.29, 0.717) is 40.7 Å². The quantitative estimate of drug-likeness (QED) is 0.683. The molecule has 0 bridgehead atoms. The Hall–Kier alpha value is -2.81. The van der Waals surface area contributed by atoms with Crippen LogP contribution in [0.15, 0.2) is 12.1 Å². The minimum absolute atomic E-state index is 0.219. The Morgan fingerprint density at radius 2 is 1.88 bits per heavy atom. The van der Waals surface area contributed by atoms with E-state index in [-0.39, 0.29) is 11.9 Å². The van der Waals surface area contributed by atoms with Gasteiger partial charge in [0.15, 0.2) is 11.5 Å². The molecule has 0 unspecified atom stereocenters. The predicted molar refractivity (Wildman–Crippen MR) is 99.3 cm³/mol. The summed E-state index contributed by atoms with van der Waals surface area (Å²) in [7, 11) is 3.15. The molecule has 0 spiro atoms. The first-order valence-corrected chi connectivity index (χ1v) is 8.46. The number of likely N-dealkylation sites (tertiary alicyclic amines) is 1. The Bertz CT molecular complexity index is 805. The van der Waals surface area contributed by atoms with Crippen molar-refractivity contribution in [1.82, 2.24) is 14.9 Å². The first kappa shape index (κ1) is 18.0. The van der Waals surface area contributed by atoms with Crippen LogP contribution in [0.2, 0.25) is 0 Å². The zero-order chi connectivity index (χ0) is 18.7. The van der Waals surface area contributed by atoms with Gasteiger partial charge in [-0.2, -0.15) is 4.98 Å². The molecule has 5 N–H and O–H groups in total. The van der Waals surface area contributed by atoms with Gasteiger partial charge in [-0.25, -0.2) is 4.98 Å². The second-order valence-electron chi connectivity index (χ2n) is 6.32. The van der Waals surface area contributed by atoms with Crippen molar-refractivity contribution in [2.24, 2.45) is 5.73 Å². The number of benzene rings is 1. The monoisotopic (exact) mass is 360 g/mol. The van der Waals surface area contributed by atoms with Crippen molar-refractivity contribution in [3.63, 3.8) is 0 Å². The number of nitrogens with two attached hydrogens (primary N) is 2. The topological polar surface area (TPSA) is 129 Å². The van der Waals surface area contributed by atoms with Crippen LogP contribution in [0.3, 0.4) is 0 Å². The van der Waals surface area contributed by atoms with Gasteiger partial charge in [0.25, 0.3) is 0 Å². The Morgan fingerprint density at radius 1 is 1.23 bits per heavy atom. The van der Waals surface area contributed by atoms with Crippen LogP contribution < -0.4 is 26.3 Å². The lowest BCUT2D eigenvalue weighted by molar-refractivity contribution is -0.119. The molecule has 9 nitrogen and oxygen atoms in total. The molecule has 26 heavy (non-hydrogen) atoms. The molecule has 1 amide bonds. The molecule has 1 saturated heterocycles. The Labute approximate surface area is 151 Å². The molecule has 2 aromatic rings. The zero-order valence-electron chi connectivity index (χ0n) is 15.0. The highest BCUT2D eigenvalue weighted by Gasteiger charge is 2.21. The Morgan fingerprint density at radius 3 is 2.50 bits per heavy atom. The summed E-state index contributed by atoms with van der Waals surface area (Å²) in [5, 5.41) is 4.05. The molecule has 9 heteroatoms. The lowest BCUT2D eigenvalue weighted by Gasteiger charge is -2.31. The van der Waals surface area contributed by atoms with Crippen LogP contribution in [-0.4, -0.2) is 60.7 Å². The smallest absolute Gasteiger partial charge is 0.231 e. The van der Waals surface area contributed by atoms with Gasteiger partial charge in [-0.05, 0) is 18.9 Å². The number of methoxy groups -OCH3 is 2. The van der Waals surface area contributed by atoms with E-state index < -0.39 is 0 Å². The summed E-state index contributed by atoms with van der Waals surface area (Å²) in [6.45, 7) is 1.90. The summed E-state index contributed by atoms with van der Waals surface area (Å²) >= 11 is 0. The second-order valence-corrected chi connectivity index (χ2v) is 6.32. The van der Waals surface area contributed by atoms with Crippen molar-refractivity contribution in [3.8, 4) is 11.5 Å². The van der Waals surface area contributed by atoms with Gasteiger partial charge >= 0.3 is 0 Å². The summed E-state index contributed by atoms with van der Waals surface area (Å²) in [4.78, 5) is 22.0. The largest absolute Gasteiger partial charge is 0.493 e. The number of hydrogen-bond acceptors (Lipinski definition) is 8. The molecule has 0 radical (unpaired) electrons. The van der Waals surface area contributed by atoms with Gasteiger partial charge in [-0.3, -0.25) is 9.69 Å². The summed E-state index contributed by atoms with van der Waals surface area (Å²) < 4.78 is 10.6. The third kappa shape index (κ3) is 3.88. The number of carbonyl (C=O) groups is 1. The first-order valence-electron chi connectivity index (χ1n) is 8.46. The molecule has 1 aliphatic heterocycles. The van der Waals surface area contributed by atoms with Crippen LogP contribution >= 0.6 is 0 Å². The number of aromatic nitrogens is 2. The minimum atomic E-state index is -0.300. The van der Waals surface area contributed by atoms with Crippen molar-refractivity contribution in [2.45, 2.75) is 18.9 Å². The summed E-state index contributed by atoms with van der Waals surface area (Å²) in [5.41, 5.74) is 12.0. The van der Waals surface area contributed by atoms with E-state index in [1.807, 2.05) is 4.90 Å². The van der Waals surface area contributed by atoms with Gasteiger partial charge < -0.3 is 26.3 Å². The van der Waals surface area contributed by atoms with E-state index in [2.05, 4.69) is 15.3 Å². The molecule has 0 aliphatic carbocycles. The van der Waals surface area contributed by atoms with Crippen LogP contribution in [0, 0.1) is 0 Å². The fourth-order valence-corrected chi connectivity index (χ4v) is 3.18. The van der Waals surface area contributed by atoms with E-state index in [4.69, 9.17) is 20.9 Å². The van der Waals surface area contributed by atoms with Crippen molar-refractivity contribution in [3.05, 3.63) is 12.1 Å². The number of amides is 1. The third-order valence-corrected chi connectivity index (χ3v) is 4.53. The molecule has 1 aliphatic rings. The van der Waals surface area contributed by atoms with Crippen molar-refractivity contribution < 1.29 is 14.3 Å². The molecule has 3 rings (SSSR count). The Balaban J connectivity index is 1.76. The van der Waals surface area contributed by atoms with E-state index >= 15 is 0 Å². The van der Waals surface area contributed by atoms with Gasteiger partial charge in [0.1, 0.15) is 5.82 Å². The Kier molecular flexibility index (Phi) is 5.27. The van der Waals surface area contributed by atoms with Crippen LogP contribution in [0.5, 0.6) is 11.5 Å². The second kappa shape index (κ2) is 7.61. The van der Waals surface area contributed by atoms with Crippen LogP contribution in [0.4, 0.5) is 11.8 Å². The molecule has 0 saturated carbocycles. The average Bonchev–Trinajstić information content (AvgIpc) is 2.62. The number of ether oxygens (including phenoxy) is 2. The van der Waals surface area contributed by atoms with Crippen LogP contribution in [0.25, 0.3) is 10.9 Å². The number of primary amides is 1. The summed E-state index contributed by atoms with van der Waals surface area (Å²) in [6, 6.07) is 3.78. The maximum Gasteiger partial charge on any atom is 0.231 e. The van der Waals surface area contributed by atoms with Crippen LogP contribution in [-0.2, 0) is 4.79 Å². The summed E-state index contributed by atoms with van der Waals surface area (Å²) in [6.07, 6.45) is 1.75. The number of carbonyl (C=O) groups excluding carboxylic acids is 1. The van der Waals surface area contributed by atoms with Crippen molar-refractivity contribution in [1.29, 1.82) is 0 Å². The molecular formula is C17H24N6O3. The highest BCUT2D eigenvalue weighted by atomic mass is 16.5. The van der Waals surface area contributed by atoms with Crippen LogP contribution in [0.1, 0.15) is 12.8 Å². The maximum atomic E-state index is 11.0. The maximum absolute atomic E-state index is 11.0.